The molecule has 2 atom stereocenters. The minimum atomic E-state index is -0.435. The number of nitrogen functional groups attached to an aromatic ring is 1. The molecule has 1 heterocycles. The predicted molar refractivity (Wildman–Crippen MR) is 76.2 cm³/mol. The van der Waals surface area contributed by atoms with Gasteiger partial charge in [-0.05, 0) is 31.5 Å². The number of ether oxygens (including phenoxy) is 1. The third-order valence-electron chi connectivity index (χ3n) is 3.56. The molecule has 0 aromatic heterocycles. The summed E-state index contributed by atoms with van der Waals surface area (Å²) in [5.74, 6) is -0.435. The van der Waals surface area contributed by atoms with E-state index < -0.39 is 5.91 Å². The van der Waals surface area contributed by atoms with Crippen LogP contribution in [0.25, 0.3) is 0 Å². The van der Waals surface area contributed by atoms with Gasteiger partial charge in [0.2, 0.25) is 5.91 Å². The number of morpholine rings is 1. The van der Waals surface area contributed by atoms with Crippen molar-refractivity contribution in [3.05, 3.63) is 23.8 Å². The Bertz CT molecular complexity index is 476. The van der Waals surface area contributed by atoms with Crippen molar-refractivity contribution in [3.63, 3.8) is 0 Å². The van der Waals surface area contributed by atoms with E-state index in [0.29, 0.717) is 17.9 Å². The number of anilines is 2. The van der Waals surface area contributed by atoms with Crippen molar-refractivity contribution in [2.24, 2.45) is 5.73 Å². The van der Waals surface area contributed by atoms with E-state index in [0.717, 1.165) is 18.7 Å². The molecule has 2 unspecified atom stereocenters. The fourth-order valence-corrected chi connectivity index (χ4v) is 2.42. The maximum atomic E-state index is 11.3. The Morgan fingerprint density at radius 3 is 2.89 bits per heavy atom. The van der Waals surface area contributed by atoms with Gasteiger partial charge in [-0.25, -0.2) is 0 Å². The summed E-state index contributed by atoms with van der Waals surface area (Å²) in [5.41, 5.74) is 13.4. The van der Waals surface area contributed by atoms with E-state index >= 15 is 0 Å². The highest BCUT2D eigenvalue weighted by atomic mass is 16.5. The average molecular weight is 263 g/mol. The first-order chi connectivity index (χ1) is 9.02. The summed E-state index contributed by atoms with van der Waals surface area (Å²) in [7, 11) is 0. The van der Waals surface area contributed by atoms with Gasteiger partial charge < -0.3 is 21.1 Å². The highest BCUT2D eigenvalue weighted by molar-refractivity contribution is 5.95. The third-order valence-corrected chi connectivity index (χ3v) is 3.56. The zero-order valence-electron chi connectivity index (χ0n) is 11.4. The number of nitrogens with zero attached hydrogens (tertiary/aromatic N) is 1. The summed E-state index contributed by atoms with van der Waals surface area (Å²) in [6.07, 6.45) is 1.12. The Kier molecular flexibility index (Phi) is 3.95. The van der Waals surface area contributed by atoms with Crippen molar-refractivity contribution in [3.8, 4) is 0 Å². The smallest absolute Gasteiger partial charge is 0.248 e. The summed E-state index contributed by atoms with van der Waals surface area (Å²) >= 11 is 0. The van der Waals surface area contributed by atoms with Gasteiger partial charge in [-0.1, -0.05) is 6.92 Å². The number of carbonyl (C=O) groups is 1. The topological polar surface area (TPSA) is 81.6 Å². The fourth-order valence-electron chi connectivity index (χ4n) is 2.42. The van der Waals surface area contributed by atoms with Crippen LogP contribution < -0.4 is 16.4 Å². The van der Waals surface area contributed by atoms with Gasteiger partial charge >= 0.3 is 0 Å². The summed E-state index contributed by atoms with van der Waals surface area (Å²) in [6.45, 7) is 5.60. The molecule has 0 saturated carbocycles. The van der Waals surface area contributed by atoms with Crippen LogP contribution in [0.4, 0.5) is 11.4 Å². The quantitative estimate of drug-likeness (QED) is 0.807. The third kappa shape index (κ3) is 2.81. The van der Waals surface area contributed by atoms with Crippen LogP contribution in [0.5, 0.6) is 0 Å². The van der Waals surface area contributed by atoms with Crippen molar-refractivity contribution >= 4 is 17.3 Å². The lowest BCUT2D eigenvalue weighted by Gasteiger charge is -2.40. The lowest BCUT2D eigenvalue weighted by Crippen LogP contribution is -2.49. The molecule has 1 aliphatic heterocycles. The molecule has 0 radical (unpaired) electrons. The van der Waals surface area contributed by atoms with Crippen molar-refractivity contribution < 1.29 is 9.53 Å². The highest BCUT2D eigenvalue weighted by Gasteiger charge is 2.27. The molecule has 2 rings (SSSR count). The lowest BCUT2D eigenvalue weighted by molar-refractivity contribution is 0.0300. The second kappa shape index (κ2) is 5.48. The van der Waals surface area contributed by atoms with E-state index in [9.17, 15) is 4.79 Å². The SMILES string of the molecule is CCC1COC(C)CN1c1cc(C(N)=O)ccc1N. The van der Waals surface area contributed by atoms with Gasteiger partial charge in [0.05, 0.1) is 30.1 Å². The molecule has 0 bridgehead atoms. The number of primary amides is 1. The van der Waals surface area contributed by atoms with E-state index in [1.807, 2.05) is 6.92 Å². The monoisotopic (exact) mass is 263 g/mol. The molecule has 1 aromatic rings. The first-order valence-corrected chi connectivity index (χ1v) is 6.60. The van der Waals surface area contributed by atoms with Crippen LogP contribution in [0, 0.1) is 0 Å². The molecule has 1 amide bonds. The van der Waals surface area contributed by atoms with Crippen LogP contribution in [-0.4, -0.2) is 31.2 Å². The molecular weight excluding hydrogens is 242 g/mol. The Hall–Kier alpha value is -1.75. The molecule has 0 spiro atoms. The first-order valence-electron chi connectivity index (χ1n) is 6.60. The zero-order valence-corrected chi connectivity index (χ0v) is 11.4. The zero-order chi connectivity index (χ0) is 14.0. The molecule has 0 aliphatic carbocycles. The number of nitrogens with two attached hydrogens (primary N) is 2. The number of benzene rings is 1. The van der Waals surface area contributed by atoms with Gasteiger partial charge in [0.1, 0.15) is 0 Å². The van der Waals surface area contributed by atoms with E-state index in [1.165, 1.54) is 0 Å². The van der Waals surface area contributed by atoms with Crippen LogP contribution in [0.1, 0.15) is 30.6 Å². The maximum Gasteiger partial charge on any atom is 0.248 e. The van der Waals surface area contributed by atoms with Crippen molar-refractivity contribution in [2.75, 3.05) is 23.8 Å². The Balaban J connectivity index is 2.37. The van der Waals surface area contributed by atoms with Gasteiger partial charge in [0.15, 0.2) is 0 Å². The van der Waals surface area contributed by atoms with Crippen molar-refractivity contribution in [2.45, 2.75) is 32.4 Å². The Morgan fingerprint density at radius 1 is 1.53 bits per heavy atom. The van der Waals surface area contributed by atoms with Crippen molar-refractivity contribution in [1.29, 1.82) is 0 Å². The van der Waals surface area contributed by atoms with Crippen molar-refractivity contribution in [1.82, 2.24) is 0 Å². The molecule has 104 valence electrons. The van der Waals surface area contributed by atoms with Crippen LogP contribution in [0.3, 0.4) is 0 Å². The summed E-state index contributed by atoms with van der Waals surface area (Å²) in [5, 5.41) is 0. The van der Waals surface area contributed by atoms with Gasteiger partial charge in [-0.15, -0.1) is 0 Å². The van der Waals surface area contributed by atoms with Gasteiger partial charge in [0.25, 0.3) is 0 Å². The Labute approximate surface area is 113 Å². The molecule has 1 saturated heterocycles. The van der Waals surface area contributed by atoms with Gasteiger partial charge in [0, 0.05) is 12.1 Å². The minimum Gasteiger partial charge on any atom is -0.397 e. The molecule has 19 heavy (non-hydrogen) atoms. The standard InChI is InChI=1S/C14H21N3O2/c1-3-11-8-19-9(2)7-17(11)13-6-10(14(16)18)4-5-12(13)15/h4-6,9,11H,3,7-8,15H2,1-2H3,(H2,16,18). The number of hydrogen-bond acceptors (Lipinski definition) is 4. The van der Waals surface area contributed by atoms with Crippen LogP contribution in [-0.2, 0) is 4.74 Å². The largest absolute Gasteiger partial charge is 0.397 e. The number of hydrogen-bond donors (Lipinski definition) is 2. The molecule has 4 N–H and O–H groups in total. The number of carbonyl (C=O) groups excluding carboxylic acids is 1. The molecule has 1 aromatic carbocycles. The lowest BCUT2D eigenvalue weighted by atomic mass is 10.1. The van der Waals surface area contributed by atoms with Crippen LogP contribution in [0.15, 0.2) is 18.2 Å². The number of rotatable bonds is 3. The van der Waals surface area contributed by atoms with Gasteiger partial charge in [-0.2, -0.15) is 0 Å². The summed E-state index contributed by atoms with van der Waals surface area (Å²) < 4.78 is 5.68. The number of amides is 1. The second-order valence-corrected chi connectivity index (χ2v) is 5.00. The molecule has 1 fully saturated rings. The molecule has 5 nitrogen and oxygen atoms in total. The molecule has 1 aliphatic rings. The van der Waals surface area contributed by atoms with Crippen LogP contribution in [0.2, 0.25) is 0 Å². The van der Waals surface area contributed by atoms with E-state index in [4.69, 9.17) is 16.2 Å². The van der Waals surface area contributed by atoms with E-state index in [2.05, 4.69) is 11.8 Å². The van der Waals surface area contributed by atoms with E-state index in [-0.39, 0.29) is 12.1 Å². The molecule has 5 heteroatoms. The van der Waals surface area contributed by atoms with Crippen LogP contribution >= 0.6 is 0 Å². The first kappa shape index (κ1) is 13.7. The fraction of sp³-hybridized carbons (Fsp3) is 0.500. The van der Waals surface area contributed by atoms with E-state index in [1.54, 1.807) is 18.2 Å². The predicted octanol–water partition coefficient (Wildman–Crippen LogP) is 1.37. The second-order valence-electron chi connectivity index (χ2n) is 5.00. The average Bonchev–Trinajstić information content (AvgIpc) is 2.39. The normalized spacial score (nSPS) is 23.4. The van der Waals surface area contributed by atoms with Gasteiger partial charge in [-0.3, -0.25) is 4.79 Å². The minimum absolute atomic E-state index is 0.152. The Morgan fingerprint density at radius 2 is 2.26 bits per heavy atom. The maximum absolute atomic E-state index is 11.3. The summed E-state index contributed by atoms with van der Waals surface area (Å²) in [6, 6.07) is 5.45. The highest BCUT2D eigenvalue weighted by Crippen LogP contribution is 2.29. The molecular formula is C14H21N3O2. The summed E-state index contributed by atoms with van der Waals surface area (Å²) in [4.78, 5) is 13.5.